The third kappa shape index (κ3) is 2.68. The number of nitrogens with zero attached hydrogens (tertiary/aromatic N) is 1. The fourth-order valence-electron chi connectivity index (χ4n) is 1.66. The summed E-state index contributed by atoms with van der Waals surface area (Å²) in [6.07, 6.45) is 0. The summed E-state index contributed by atoms with van der Waals surface area (Å²) >= 11 is 1.11. The Labute approximate surface area is 109 Å². The van der Waals surface area contributed by atoms with Gasteiger partial charge in [-0.3, -0.25) is 0 Å². The lowest BCUT2D eigenvalue weighted by Crippen LogP contribution is -2.21. The lowest BCUT2D eigenvalue weighted by atomic mass is 10.1. The Bertz CT molecular complexity index is 551. The van der Waals surface area contributed by atoms with Crippen LogP contribution in [0.4, 0.5) is 5.13 Å². The number of anilines is 1. The zero-order valence-corrected chi connectivity index (χ0v) is 11.0. The lowest BCUT2D eigenvalue weighted by molar-refractivity contribution is -0.254. The van der Waals surface area contributed by atoms with Crippen molar-refractivity contribution in [3.8, 4) is 0 Å². The lowest BCUT2D eigenvalue weighted by Gasteiger charge is -2.12. The Morgan fingerprint density at radius 3 is 2.61 bits per heavy atom. The third-order valence-electron chi connectivity index (χ3n) is 2.62. The quantitative estimate of drug-likeness (QED) is 0.914. The number of aromatic nitrogens is 1. The number of carboxylic acid groups (broad SMARTS) is 1. The van der Waals surface area contributed by atoms with Crippen molar-refractivity contribution in [1.29, 1.82) is 0 Å². The van der Waals surface area contributed by atoms with Crippen LogP contribution in [-0.2, 0) is 0 Å². The van der Waals surface area contributed by atoms with Crippen LogP contribution in [-0.4, -0.2) is 11.0 Å². The normalized spacial score (nSPS) is 12.1. The Morgan fingerprint density at radius 1 is 1.39 bits per heavy atom. The van der Waals surface area contributed by atoms with Crippen molar-refractivity contribution >= 4 is 22.4 Å². The van der Waals surface area contributed by atoms with E-state index in [0.29, 0.717) is 10.8 Å². The fourth-order valence-corrected chi connectivity index (χ4v) is 2.55. The molecule has 0 radical (unpaired) electrons. The molecule has 94 valence electrons. The largest absolute Gasteiger partial charge is 0.544 e. The van der Waals surface area contributed by atoms with E-state index < -0.39 is 5.97 Å². The van der Waals surface area contributed by atoms with Crippen LogP contribution in [0, 0.1) is 6.92 Å². The second-order valence-electron chi connectivity index (χ2n) is 4.00. The summed E-state index contributed by atoms with van der Waals surface area (Å²) in [6, 6.07) is 9.99. The van der Waals surface area contributed by atoms with Crippen LogP contribution < -0.4 is 10.4 Å². The third-order valence-corrected chi connectivity index (χ3v) is 3.69. The summed E-state index contributed by atoms with van der Waals surface area (Å²) in [5, 5.41) is 14.6. The van der Waals surface area contributed by atoms with Gasteiger partial charge < -0.3 is 15.2 Å². The molecule has 0 aliphatic heterocycles. The molecule has 0 aliphatic carbocycles. The first-order chi connectivity index (χ1) is 8.58. The number of hydrogen-bond donors (Lipinski definition) is 1. The van der Waals surface area contributed by atoms with Crippen molar-refractivity contribution in [1.82, 2.24) is 4.98 Å². The molecule has 2 aromatic rings. The van der Waals surface area contributed by atoms with Gasteiger partial charge in [-0.25, -0.2) is 4.98 Å². The number of aryl methyl sites for hydroxylation is 1. The van der Waals surface area contributed by atoms with E-state index >= 15 is 0 Å². The van der Waals surface area contributed by atoms with E-state index in [1.165, 1.54) is 0 Å². The maximum Gasteiger partial charge on any atom is 0.183 e. The average Bonchev–Trinajstić information content (AvgIpc) is 2.71. The van der Waals surface area contributed by atoms with Crippen molar-refractivity contribution in [2.75, 3.05) is 5.32 Å². The van der Waals surface area contributed by atoms with Gasteiger partial charge in [0, 0.05) is 0 Å². The van der Waals surface area contributed by atoms with Gasteiger partial charge in [0.2, 0.25) is 0 Å². The molecule has 1 atom stereocenters. The average molecular weight is 261 g/mol. The number of carbonyl (C=O) groups is 1. The monoisotopic (exact) mass is 261 g/mol. The number of nitrogens with one attached hydrogen (secondary N) is 1. The van der Waals surface area contributed by atoms with E-state index in [2.05, 4.69) is 10.3 Å². The van der Waals surface area contributed by atoms with Crippen LogP contribution in [0.25, 0.3) is 0 Å². The molecule has 5 heteroatoms. The van der Waals surface area contributed by atoms with Crippen molar-refractivity contribution in [2.24, 2.45) is 0 Å². The second-order valence-corrected chi connectivity index (χ2v) is 5.00. The number of carbonyl (C=O) groups excluding carboxylic acids is 1. The molecule has 1 N–H and O–H groups in total. The van der Waals surface area contributed by atoms with E-state index in [4.69, 9.17) is 0 Å². The summed E-state index contributed by atoms with van der Waals surface area (Å²) in [6.45, 7) is 3.67. The topological polar surface area (TPSA) is 65.0 Å². The van der Waals surface area contributed by atoms with E-state index in [1.807, 2.05) is 37.3 Å². The number of carboxylic acids is 1. The number of rotatable bonds is 4. The first kappa shape index (κ1) is 12.6. The molecule has 0 fully saturated rings. The Kier molecular flexibility index (Phi) is 3.62. The highest BCUT2D eigenvalue weighted by molar-refractivity contribution is 7.17. The predicted octanol–water partition coefficient (Wildman–Crippen LogP) is 1.99. The number of benzene rings is 1. The molecule has 2 rings (SSSR count). The van der Waals surface area contributed by atoms with E-state index in [0.717, 1.165) is 16.9 Å². The summed E-state index contributed by atoms with van der Waals surface area (Å²) < 4.78 is 0. The van der Waals surface area contributed by atoms with Gasteiger partial charge in [0.15, 0.2) is 5.13 Å². The molecule has 0 saturated carbocycles. The van der Waals surface area contributed by atoms with E-state index in [1.54, 1.807) is 6.92 Å². The number of hydrogen-bond acceptors (Lipinski definition) is 5. The smallest absolute Gasteiger partial charge is 0.183 e. The van der Waals surface area contributed by atoms with Crippen molar-refractivity contribution in [3.05, 3.63) is 46.5 Å². The molecule has 4 nitrogen and oxygen atoms in total. The molecular weight excluding hydrogens is 248 g/mol. The molecule has 0 aliphatic rings. The maximum absolute atomic E-state index is 10.8. The first-order valence-electron chi connectivity index (χ1n) is 5.58. The summed E-state index contributed by atoms with van der Waals surface area (Å²) in [5.74, 6) is -1.18. The fraction of sp³-hybridized carbons (Fsp3) is 0.231. The molecule has 1 aromatic carbocycles. The molecule has 0 saturated heterocycles. The predicted molar refractivity (Wildman–Crippen MR) is 69.7 cm³/mol. The van der Waals surface area contributed by atoms with E-state index in [-0.39, 0.29) is 10.9 Å². The Balaban J connectivity index is 2.15. The summed E-state index contributed by atoms with van der Waals surface area (Å²) in [7, 11) is 0. The second kappa shape index (κ2) is 5.18. The van der Waals surface area contributed by atoms with Gasteiger partial charge in [-0.15, -0.1) is 0 Å². The Morgan fingerprint density at radius 2 is 2.06 bits per heavy atom. The minimum Gasteiger partial charge on any atom is -0.544 e. The van der Waals surface area contributed by atoms with Crippen molar-refractivity contribution < 1.29 is 9.90 Å². The Hall–Kier alpha value is -1.88. The first-order valence-corrected chi connectivity index (χ1v) is 6.40. The molecule has 0 unspecified atom stereocenters. The highest BCUT2D eigenvalue weighted by Gasteiger charge is 2.11. The molecule has 18 heavy (non-hydrogen) atoms. The summed E-state index contributed by atoms with van der Waals surface area (Å²) in [4.78, 5) is 15.2. The zero-order chi connectivity index (χ0) is 13.1. The molecule has 0 spiro atoms. The van der Waals surface area contributed by atoms with Gasteiger partial charge in [-0.1, -0.05) is 41.7 Å². The van der Waals surface area contributed by atoms with Gasteiger partial charge in [0.05, 0.1) is 22.6 Å². The minimum atomic E-state index is -1.18. The van der Waals surface area contributed by atoms with Gasteiger partial charge in [-0.2, -0.15) is 0 Å². The molecule has 0 bridgehead atoms. The number of thiazole rings is 1. The van der Waals surface area contributed by atoms with Crippen molar-refractivity contribution in [3.63, 3.8) is 0 Å². The zero-order valence-electron chi connectivity index (χ0n) is 10.1. The van der Waals surface area contributed by atoms with Gasteiger partial charge in [-0.05, 0) is 19.4 Å². The molecule has 1 aromatic heterocycles. The number of aromatic carboxylic acids is 1. The standard InChI is InChI=1S/C13H14N2O2S/c1-8(10-6-4-3-5-7-10)14-13-15-9(2)11(18-13)12(16)17/h3-8H,1-2H3,(H,14,15)(H,16,17)/p-1/t8-/m0/s1. The van der Waals surface area contributed by atoms with Gasteiger partial charge in [0.25, 0.3) is 0 Å². The van der Waals surface area contributed by atoms with Crippen molar-refractivity contribution in [2.45, 2.75) is 19.9 Å². The maximum atomic E-state index is 10.8. The van der Waals surface area contributed by atoms with Crippen LogP contribution >= 0.6 is 11.3 Å². The van der Waals surface area contributed by atoms with Crippen LogP contribution in [0.2, 0.25) is 0 Å². The highest BCUT2D eigenvalue weighted by atomic mass is 32.1. The van der Waals surface area contributed by atoms with E-state index in [9.17, 15) is 9.90 Å². The molecular formula is C13H13N2O2S-. The van der Waals surface area contributed by atoms with Crippen LogP contribution in [0.15, 0.2) is 30.3 Å². The SMILES string of the molecule is Cc1nc(N[C@@H](C)c2ccccc2)sc1C(=O)[O-]. The van der Waals surface area contributed by atoms with Gasteiger partial charge >= 0.3 is 0 Å². The molecule has 1 heterocycles. The van der Waals surface area contributed by atoms with Gasteiger partial charge in [0.1, 0.15) is 0 Å². The summed E-state index contributed by atoms with van der Waals surface area (Å²) in [5.41, 5.74) is 1.61. The minimum absolute atomic E-state index is 0.0753. The highest BCUT2D eigenvalue weighted by Crippen LogP contribution is 2.25. The van der Waals surface area contributed by atoms with Crippen LogP contribution in [0.3, 0.4) is 0 Å². The molecule has 0 amide bonds. The van der Waals surface area contributed by atoms with Crippen LogP contribution in [0.5, 0.6) is 0 Å². The van der Waals surface area contributed by atoms with Crippen LogP contribution in [0.1, 0.15) is 33.9 Å².